The van der Waals surface area contributed by atoms with E-state index < -0.39 is 5.92 Å². The Morgan fingerprint density at radius 2 is 2.15 bits per heavy atom. The van der Waals surface area contributed by atoms with Gasteiger partial charge in [-0.05, 0) is 32.9 Å². The van der Waals surface area contributed by atoms with Gasteiger partial charge < -0.3 is 20.1 Å². The standard InChI is InChI=1S/C18H24N4O4/c1-4-25-14-7-6-8-22-15(11(3)20-16(14)22)17(23)21-13-10-19-9-12(13)18(24)26-5-2/h6-8,12-13,19H,4-5,9-10H2,1-3H3,(H,21,23). The summed E-state index contributed by atoms with van der Waals surface area (Å²) in [6, 6.07) is 3.32. The van der Waals surface area contributed by atoms with Crippen molar-refractivity contribution in [3.63, 3.8) is 0 Å². The van der Waals surface area contributed by atoms with Crippen LogP contribution in [0.2, 0.25) is 0 Å². The lowest BCUT2D eigenvalue weighted by atomic mass is 10.0. The van der Waals surface area contributed by atoms with Crippen LogP contribution in [0.3, 0.4) is 0 Å². The van der Waals surface area contributed by atoms with Gasteiger partial charge in [-0.25, -0.2) is 4.98 Å². The summed E-state index contributed by atoms with van der Waals surface area (Å²) in [6.07, 6.45) is 1.78. The number of amides is 1. The van der Waals surface area contributed by atoms with E-state index in [1.807, 2.05) is 19.1 Å². The maximum Gasteiger partial charge on any atom is 0.312 e. The molecule has 8 heteroatoms. The van der Waals surface area contributed by atoms with Crippen molar-refractivity contribution in [1.29, 1.82) is 0 Å². The first kappa shape index (κ1) is 18.2. The molecule has 1 saturated heterocycles. The molecule has 3 rings (SSSR count). The van der Waals surface area contributed by atoms with Crippen LogP contribution in [0.1, 0.15) is 30.0 Å². The van der Waals surface area contributed by atoms with E-state index in [1.165, 1.54) is 0 Å². The Bertz CT molecular complexity index is 817. The molecule has 140 valence electrons. The van der Waals surface area contributed by atoms with Crippen molar-refractivity contribution in [1.82, 2.24) is 20.0 Å². The molecule has 2 unspecified atom stereocenters. The highest BCUT2D eigenvalue weighted by Crippen LogP contribution is 2.22. The first-order valence-electron chi connectivity index (χ1n) is 8.85. The molecule has 1 aliphatic heterocycles. The van der Waals surface area contributed by atoms with Gasteiger partial charge in [-0.2, -0.15) is 0 Å². The highest BCUT2D eigenvalue weighted by molar-refractivity contribution is 5.95. The van der Waals surface area contributed by atoms with E-state index in [0.717, 1.165) is 0 Å². The van der Waals surface area contributed by atoms with Crippen molar-refractivity contribution >= 4 is 17.5 Å². The molecule has 2 atom stereocenters. The Hall–Kier alpha value is -2.61. The number of aryl methyl sites for hydroxylation is 1. The molecular formula is C18H24N4O4. The third-order valence-electron chi connectivity index (χ3n) is 4.42. The molecule has 0 spiro atoms. The van der Waals surface area contributed by atoms with Gasteiger partial charge in [0.1, 0.15) is 5.69 Å². The van der Waals surface area contributed by atoms with Crippen molar-refractivity contribution < 1.29 is 19.1 Å². The Morgan fingerprint density at radius 3 is 2.88 bits per heavy atom. The quantitative estimate of drug-likeness (QED) is 0.744. The highest BCUT2D eigenvalue weighted by atomic mass is 16.5. The van der Waals surface area contributed by atoms with Crippen LogP contribution in [0.5, 0.6) is 5.75 Å². The zero-order chi connectivity index (χ0) is 18.7. The van der Waals surface area contributed by atoms with E-state index in [4.69, 9.17) is 9.47 Å². The number of pyridine rings is 1. The molecule has 0 aliphatic carbocycles. The molecule has 3 heterocycles. The van der Waals surface area contributed by atoms with Gasteiger partial charge >= 0.3 is 5.97 Å². The van der Waals surface area contributed by atoms with Gasteiger partial charge in [-0.3, -0.25) is 14.0 Å². The second-order valence-electron chi connectivity index (χ2n) is 6.14. The predicted molar refractivity (Wildman–Crippen MR) is 95.3 cm³/mol. The fraction of sp³-hybridized carbons (Fsp3) is 0.500. The van der Waals surface area contributed by atoms with Gasteiger partial charge in [-0.1, -0.05) is 0 Å². The summed E-state index contributed by atoms with van der Waals surface area (Å²) >= 11 is 0. The number of carbonyl (C=O) groups is 2. The van der Waals surface area contributed by atoms with Crippen molar-refractivity contribution in [3.8, 4) is 5.75 Å². The van der Waals surface area contributed by atoms with E-state index in [-0.39, 0.29) is 17.9 Å². The van der Waals surface area contributed by atoms with Crippen LogP contribution < -0.4 is 15.4 Å². The van der Waals surface area contributed by atoms with Crippen LogP contribution in [0.15, 0.2) is 18.3 Å². The molecule has 1 amide bonds. The van der Waals surface area contributed by atoms with Crippen LogP contribution in [0.25, 0.3) is 5.65 Å². The summed E-state index contributed by atoms with van der Waals surface area (Å²) < 4.78 is 12.4. The summed E-state index contributed by atoms with van der Waals surface area (Å²) in [6.45, 7) is 7.30. The Balaban J connectivity index is 1.85. The maximum absolute atomic E-state index is 12.9. The number of ether oxygens (including phenoxy) is 2. The van der Waals surface area contributed by atoms with Crippen LogP contribution in [-0.2, 0) is 9.53 Å². The summed E-state index contributed by atoms with van der Waals surface area (Å²) in [7, 11) is 0. The SMILES string of the molecule is CCOC(=O)C1CNCC1NC(=O)c1c(C)nc2c(OCC)cccn12. The minimum atomic E-state index is -0.391. The summed E-state index contributed by atoms with van der Waals surface area (Å²) in [5, 5.41) is 6.08. The van der Waals surface area contributed by atoms with E-state index in [2.05, 4.69) is 15.6 Å². The molecule has 0 bridgehead atoms. The summed E-state index contributed by atoms with van der Waals surface area (Å²) in [5.41, 5.74) is 1.65. The number of rotatable bonds is 6. The topological polar surface area (TPSA) is 94.0 Å². The molecule has 2 N–H and O–H groups in total. The fourth-order valence-electron chi connectivity index (χ4n) is 3.26. The van der Waals surface area contributed by atoms with Crippen molar-refractivity contribution in [3.05, 3.63) is 29.7 Å². The molecule has 2 aromatic rings. The number of imidazole rings is 1. The fourth-order valence-corrected chi connectivity index (χ4v) is 3.26. The van der Waals surface area contributed by atoms with Crippen LogP contribution in [-0.4, -0.2) is 53.6 Å². The number of carbonyl (C=O) groups excluding carboxylic acids is 2. The molecule has 8 nitrogen and oxygen atoms in total. The molecule has 0 radical (unpaired) electrons. The number of nitrogens with one attached hydrogen (secondary N) is 2. The zero-order valence-electron chi connectivity index (χ0n) is 15.2. The number of esters is 1. The number of hydrogen-bond donors (Lipinski definition) is 2. The van der Waals surface area contributed by atoms with Gasteiger partial charge in [0.25, 0.3) is 5.91 Å². The van der Waals surface area contributed by atoms with Crippen molar-refractivity contribution in [2.24, 2.45) is 5.92 Å². The van der Waals surface area contributed by atoms with Gasteiger partial charge in [0.15, 0.2) is 11.4 Å². The van der Waals surface area contributed by atoms with E-state index >= 15 is 0 Å². The third kappa shape index (κ3) is 3.37. The largest absolute Gasteiger partial charge is 0.490 e. The third-order valence-corrected chi connectivity index (χ3v) is 4.42. The molecule has 1 aliphatic rings. The number of nitrogens with zero attached hydrogens (tertiary/aromatic N) is 2. The lowest BCUT2D eigenvalue weighted by Crippen LogP contribution is -2.44. The van der Waals surface area contributed by atoms with Crippen molar-refractivity contribution in [2.75, 3.05) is 26.3 Å². The van der Waals surface area contributed by atoms with Gasteiger partial charge in [0.05, 0.1) is 30.9 Å². The van der Waals surface area contributed by atoms with E-state index in [9.17, 15) is 9.59 Å². The minimum Gasteiger partial charge on any atom is -0.490 e. The van der Waals surface area contributed by atoms with Gasteiger partial charge in [-0.15, -0.1) is 0 Å². The second kappa shape index (κ2) is 7.74. The number of fused-ring (bicyclic) bond motifs is 1. The highest BCUT2D eigenvalue weighted by Gasteiger charge is 2.36. The van der Waals surface area contributed by atoms with E-state index in [1.54, 1.807) is 24.4 Å². The Labute approximate surface area is 151 Å². The molecular weight excluding hydrogens is 336 g/mol. The lowest BCUT2D eigenvalue weighted by Gasteiger charge is -2.18. The molecule has 2 aromatic heterocycles. The van der Waals surface area contributed by atoms with Crippen LogP contribution in [0.4, 0.5) is 0 Å². The zero-order valence-corrected chi connectivity index (χ0v) is 15.2. The first-order chi connectivity index (χ1) is 12.6. The van der Waals surface area contributed by atoms with Crippen LogP contribution >= 0.6 is 0 Å². The van der Waals surface area contributed by atoms with Crippen molar-refractivity contribution in [2.45, 2.75) is 26.8 Å². The predicted octanol–water partition coefficient (Wildman–Crippen LogP) is 0.922. The Kier molecular flexibility index (Phi) is 5.41. The average molecular weight is 360 g/mol. The lowest BCUT2D eigenvalue weighted by molar-refractivity contribution is -0.147. The molecule has 26 heavy (non-hydrogen) atoms. The Morgan fingerprint density at radius 1 is 1.35 bits per heavy atom. The summed E-state index contributed by atoms with van der Waals surface area (Å²) in [4.78, 5) is 29.5. The van der Waals surface area contributed by atoms with Gasteiger partial charge in [0.2, 0.25) is 0 Å². The van der Waals surface area contributed by atoms with E-state index in [0.29, 0.717) is 49.1 Å². The summed E-state index contributed by atoms with van der Waals surface area (Å²) in [5.74, 6) is -0.329. The number of hydrogen-bond acceptors (Lipinski definition) is 6. The average Bonchev–Trinajstić information content (AvgIpc) is 3.19. The second-order valence-corrected chi connectivity index (χ2v) is 6.14. The monoisotopic (exact) mass is 360 g/mol. The maximum atomic E-state index is 12.9. The minimum absolute atomic E-state index is 0.272. The smallest absolute Gasteiger partial charge is 0.312 e. The molecule has 0 saturated carbocycles. The molecule has 0 aromatic carbocycles. The normalized spacial score (nSPS) is 19.5. The molecule has 1 fully saturated rings. The van der Waals surface area contributed by atoms with Crippen LogP contribution in [0, 0.1) is 12.8 Å². The first-order valence-corrected chi connectivity index (χ1v) is 8.85. The number of aromatic nitrogens is 2. The van der Waals surface area contributed by atoms with Gasteiger partial charge in [0, 0.05) is 19.3 Å².